The third kappa shape index (κ3) is 1.77. The van der Waals surface area contributed by atoms with Crippen LogP contribution in [0.1, 0.15) is 11.3 Å². The van der Waals surface area contributed by atoms with Crippen LogP contribution in [0.4, 0.5) is 0 Å². The molecule has 0 saturated carbocycles. The Balaban J connectivity index is 2.32. The molecule has 3 heterocycles. The van der Waals surface area contributed by atoms with Crippen molar-refractivity contribution in [2.24, 2.45) is 0 Å². The van der Waals surface area contributed by atoms with E-state index in [4.69, 9.17) is 11.6 Å². The van der Waals surface area contributed by atoms with Crippen LogP contribution in [0.25, 0.3) is 16.9 Å². The van der Waals surface area contributed by atoms with Crippen molar-refractivity contribution in [1.82, 2.24) is 14.4 Å². The van der Waals surface area contributed by atoms with Crippen molar-refractivity contribution in [1.29, 1.82) is 0 Å². The van der Waals surface area contributed by atoms with E-state index in [9.17, 15) is 0 Å². The lowest BCUT2D eigenvalue weighted by atomic mass is 10.1. The predicted octanol–water partition coefficient (Wildman–Crippen LogP) is 3.67. The average molecular weight is 258 g/mol. The normalized spacial score (nSPS) is 11.1. The van der Waals surface area contributed by atoms with Gasteiger partial charge in [0, 0.05) is 18.0 Å². The first-order valence-corrected chi connectivity index (χ1v) is 6.10. The Morgan fingerprint density at radius 2 is 2.00 bits per heavy atom. The minimum Gasteiger partial charge on any atom is -0.299 e. The van der Waals surface area contributed by atoms with Crippen LogP contribution >= 0.6 is 11.6 Å². The van der Waals surface area contributed by atoms with E-state index in [1.807, 2.05) is 25.3 Å². The van der Waals surface area contributed by atoms with Crippen LogP contribution in [-0.4, -0.2) is 14.4 Å². The standard InChI is InChI=1S/C14H12ClN3/c1-9-4-6-18-13(7-9)17-10(2)14(18)11-3-5-16-12(15)8-11/h3-8H,1-2H3. The van der Waals surface area contributed by atoms with E-state index in [-0.39, 0.29) is 0 Å². The number of pyridine rings is 2. The minimum absolute atomic E-state index is 0.494. The van der Waals surface area contributed by atoms with Crippen LogP contribution in [0.2, 0.25) is 5.15 Å². The third-order valence-corrected chi connectivity index (χ3v) is 3.16. The van der Waals surface area contributed by atoms with Gasteiger partial charge in [-0.1, -0.05) is 11.6 Å². The number of aryl methyl sites for hydroxylation is 2. The molecule has 0 radical (unpaired) electrons. The molecular formula is C14H12ClN3. The van der Waals surface area contributed by atoms with Crippen molar-refractivity contribution in [2.75, 3.05) is 0 Å². The van der Waals surface area contributed by atoms with E-state index in [1.54, 1.807) is 6.20 Å². The summed E-state index contributed by atoms with van der Waals surface area (Å²) in [7, 11) is 0. The first-order valence-electron chi connectivity index (χ1n) is 5.72. The molecule has 0 aliphatic rings. The summed E-state index contributed by atoms with van der Waals surface area (Å²) < 4.78 is 2.08. The zero-order valence-corrected chi connectivity index (χ0v) is 10.9. The number of halogens is 1. The van der Waals surface area contributed by atoms with Crippen LogP contribution in [-0.2, 0) is 0 Å². The molecule has 0 amide bonds. The topological polar surface area (TPSA) is 30.2 Å². The Labute approximate surface area is 110 Å². The lowest BCUT2D eigenvalue weighted by molar-refractivity contribution is 1.17. The Morgan fingerprint density at radius 3 is 2.78 bits per heavy atom. The van der Waals surface area contributed by atoms with Gasteiger partial charge in [-0.25, -0.2) is 9.97 Å². The molecule has 3 aromatic heterocycles. The minimum atomic E-state index is 0.494. The van der Waals surface area contributed by atoms with E-state index in [0.29, 0.717) is 5.15 Å². The van der Waals surface area contributed by atoms with Gasteiger partial charge < -0.3 is 0 Å². The smallest absolute Gasteiger partial charge is 0.137 e. The summed E-state index contributed by atoms with van der Waals surface area (Å²) in [5, 5.41) is 0.494. The van der Waals surface area contributed by atoms with Crippen molar-refractivity contribution in [3.05, 3.63) is 53.1 Å². The highest BCUT2D eigenvalue weighted by Gasteiger charge is 2.11. The van der Waals surface area contributed by atoms with Crippen molar-refractivity contribution in [3.8, 4) is 11.3 Å². The van der Waals surface area contributed by atoms with E-state index in [1.165, 1.54) is 5.56 Å². The van der Waals surface area contributed by atoms with Gasteiger partial charge in [0.05, 0.1) is 11.4 Å². The second kappa shape index (κ2) is 4.10. The molecule has 0 saturated heterocycles. The number of aromatic nitrogens is 3. The van der Waals surface area contributed by atoms with Gasteiger partial charge >= 0.3 is 0 Å². The molecule has 0 aromatic carbocycles. The summed E-state index contributed by atoms with van der Waals surface area (Å²) in [6.45, 7) is 4.07. The fourth-order valence-corrected chi connectivity index (χ4v) is 2.34. The number of rotatable bonds is 1. The van der Waals surface area contributed by atoms with Crippen molar-refractivity contribution in [3.63, 3.8) is 0 Å². The lowest BCUT2D eigenvalue weighted by Crippen LogP contribution is -1.90. The molecule has 0 aliphatic carbocycles. The second-order valence-electron chi connectivity index (χ2n) is 4.35. The first kappa shape index (κ1) is 11.2. The van der Waals surface area contributed by atoms with E-state index >= 15 is 0 Å². The van der Waals surface area contributed by atoms with E-state index in [2.05, 4.69) is 33.4 Å². The van der Waals surface area contributed by atoms with Gasteiger partial charge in [-0.05, 0) is 43.7 Å². The molecule has 90 valence electrons. The summed E-state index contributed by atoms with van der Waals surface area (Å²) in [6, 6.07) is 7.94. The first-order chi connectivity index (χ1) is 8.65. The maximum absolute atomic E-state index is 5.95. The van der Waals surface area contributed by atoms with Gasteiger partial charge in [0.25, 0.3) is 0 Å². The van der Waals surface area contributed by atoms with Crippen LogP contribution < -0.4 is 0 Å². The van der Waals surface area contributed by atoms with Crippen LogP contribution in [0.15, 0.2) is 36.7 Å². The number of imidazole rings is 1. The van der Waals surface area contributed by atoms with Gasteiger partial charge in [-0.3, -0.25) is 4.40 Å². The SMILES string of the molecule is Cc1ccn2c(-c3ccnc(Cl)c3)c(C)nc2c1. The lowest BCUT2D eigenvalue weighted by Gasteiger charge is -2.04. The molecule has 0 spiro atoms. The van der Waals surface area contributed by atoms with Crippen molar-refractivity contribution < 1.29 is 0 Å². The van der Waals surface area contributed by atoms with Crippen molar-refractivity contribution >= 4 is 17.2 Å². The highest BCUT2D eigenvalue weighted by Crippen LogP contribution is 2.26. The predicted molar refractivity (Wildman–Crippen MR) is 72.9 cm³/mol. The van der Waals surface area contributed by atoms with E-state index < -0.39 is 0 Å². The van der Waals surface area contributed by atoms with E-state index in [0.717, 1.165) is 22.6 Å². The number of hydrogen-bond donors (Lipinski definition) is 0. The largest absolute Gasteiger partial charge is 0.299 e. The molecule has 18 heavy (non-hydrogen) atoms. The summed E-state index contributed by atoms with van der Waals surface area (Å²) in [6.07, 6.45) is 3.75. The number of nitrogens with zero attached hydrogens (tertiary/aromatic N) is 3. The summed E-state index contributed by atoms with van der Waals surface area (Å²) in [5.74, 6) is 0. The highest BCUT2D eigenvalue weighted by atomic mass is 35.5. The van der Waals surface area contributed by atoms with Crippen LogP contribution in [0, 0.1) is 13.8 Å². The van der Waals surface area contributed by atoms with Gasteiger partial charge in [-0.15, -0.1) is 0 Å². The van der Waals surface area contributed by atoms with Crippen LogP contribution in [0.3, 0.4) is 0 Å². The Kier molecular flexibility index (Phi) is 2.56. The monoisotopic (exact) mass is 257 g/mol. The third-order valence-electron chi connectivity index (χ3n) is 2.96. The number of hydrogen-bond acceptors (Lipinski definition) is 2. The molecule has 3 rings (SSSR count). The molecule has 0 bridgehead atoms. The molecule has 3 nitrogen and oxygen atoms in total. The van der Waals surface area contributed by atoms with Gasteiger partial charge in [0.15, 0.2) is 0 Å². The zero-order valence-electron chi connectivity index (χ0n) is 10.2. The molecule has 3 aromatic rings. The van der Waals surface area contributed by atoms with Gasteiger partial charge in [-0.2, -0.15) is 0 Å². The van der Waals surface area contributed by atoms with Gasteiger partial charge in [0.1, 0.15) is 10.8 Å². The molecular weight excluding hydrogens is 246 g/mol. The average Bonchev–Trinajstić information content (AvgIpc) is 2.64. The fourth-order valence-electron chi connectivity index (χ4n) is 2.16. The zero-order chi connectivity index (χ0) is 12.7. The molecule has 4 heteroatoms. The summed E-state index contributed by atoms with van der Waals surface area (Å²) in [5.41, 5.74) is 5.24. The molecule has 0 atom stereocenters. The summed E-state index contributed by atoms with van der Waals surface area (Å²) >= 11 is 5.95. The van der Waals surface area contributed by atoms with Gasteiger partial charge in [0.2, 0.25) is 0 Å². The Hall–Kier alpha value is -1.87. The maximum atomic E-state index is 5.95. The second-order valence-corrected chi connectivity index (χ2v) is 4.73. The molecule has 0 aliphatic heterocycles. The Morgan fingerprint density at radius 1 is 1.17 bits per heavy atom. The number of fused-ring (bicyclic) bond motifs is 1. The fraction of sp³-hybridized carbons (Fsp3) is 0.143. The van der Waals surface area contributed by atoms with Crippen molar-refractivity contribution in [2.45, 2.75) is 13.8 Å². The van der Waals surface area contributed by atoms with Crippen LogP contribution in [0.5, 0.6) is 0 Å². The quantitative estimate of drug-likeness (QED) is 0.623. The maximum Gasteiger partial charge on any atom is 0.137 e. The molecule has 0 unspecified atom stereocenters. The Bertz CT molecular complexity index is 731. The molecule has 0 N–H and O–H groups in total. The highest BCUT2D eigenvalue weighted by molar-refractivity contribution is 6.29. The molecule has 0 fully saturated rings. The summed E-state index contributed by atoms with van der Waals surface area (Å²) in [4.78, 5) is 8.59.